The van der Waals surface area contributed by atoms with Gasteiger partial charge in [0, 0.05) is 13.0 Å². The minimum atomic E-state index is 0.0408. The number of aromatic nitrogens is 2. The van der Waals surface area contributed by atoms with E-state index in [0.717, 1.165) is 60.4 Å². The average Bonchev–Trinajstić information content (AvgIpc) is 3.25. The summed E-state index contributed by atoms with van der Waals surface area (Å²) in [6, 6.07) is 26.3. The van der Waals surface area contributed by atoms with Crippen molar-refractivity contribution in [2.45, 2.75) is 45.2 Å². The van der Waals surface area contributed by atoms with Crippen LogP contribution in [-0.2, 0) is 30.7 Å². The van der Waals surface area contributed by atoms with Crippen molar-refractivity contribution in [3.8, 4) is 5.75 Å². The standard InChI is InChI=1S/C30H33N3O2/c1-2-12-25-15-6-9-18-28(25)35-22-11-10-21-33-27-17-8-7-16-26(27)32-29(33)23-31-30(34)20-19-24-13-4-3-5-14-24/h2-9,13-18H,1,10-12,19-23H2,(H,31,34). The van der Waals surface area contributed by atoms with Crippen molar-refractivity contribution in [2.75, 3.05) is 6.61 Å². The second-order valence-corrected chi connectivity index (χ2v) is 8.59. The zero-order valence-corrected chi connectivity index (χ0v) is 20.2. The minimum absolute atomic E-state index is 0.0408. The van der Waals surface area contributed by atoms with Crippen molar-refractivity contribution in [3.63, 3.8) is 0 Å². The summed E-state index contributed by atoms with van der Waals surface area (Å²) in [6.07, 6.45) is 5.79. The lowest BCUT2D eigenvalue weighted by Gasteiger charge is -2.12. The monoisotopic (exact) mass is 467 g/mol. The van der Waals surface area contributed by atoms with Crippen LogP contribution in [0.4, 0.5) is 0 Å². The molecule has 1 aromatic heterocycles. The molecule has 0 aliphatic heterocycles. The molecule has 0 aliphatic carbocycles. The Hall–Kier alpha value is -3.86. The summed E-state index contributed by atoms with van der Waals surface area (Å²) in [6.45, 7) is 5.74. The van der Waals surface area contributed by atoms with Gasteiger partial charge in [-0.25, -0.2) is 4.98 Å². The van der Waals surface area contributed by atoms with Gasteiger partial charge >= 0.3 is 0 Å². The van der Waals surface area contributed by atoms with Gasteiger partial charge in [-0.15, -0.1) is 6.58 Å². The van der Waals surface area contributed by atoms with Crippen LogP contribution in [-0.4, -0.2) is 22.1 Å². The molecule has 0 spiro atoms. The van der Waals surface area contributed by atoms with Crippen molar-refractivity contribution in [3.05, 3.63) is 108 Å². The number of hydrogen-bond donors (Lipinski definition) is 1. The fourth-order valence-corrected chi connectivity index (χ4v) is 4.20. The summed E-state index contributed by atoms with van der Waals surface area (Å²) in [5.41, 5.74) is 4.38. The zero-order valence-electron chi connectivity index (χ0n) is 20.2. The number of nitrogens with zero attached hydrogens (tertiary/aromatic N) is 2. The topological polar surface area (TPSA) is 56.1 Å². The molecule has 5 nitrogen and oxygen atoms in total. The highest BCUT2D eigenvalue weighted by Crippen LogP contribution is 2.20. The van der Waals surface area contributed by atoms with Crippen LogP contribution in [0.5, 0.6) is 5.75 Å². The van der Waals surface area contributed by atoms with Crippen LogP contribution in [0.1, 0.15) is 36.2 Å². The highest BCUT2D eigenvalue weighted by Gasteiger charge is 2.12. The largest absolute Gasteiger partial charge is 0.493 e. The van der Waals surface area contributed by atoms with Gasteiger partial charge in [0.25, 0.3) is 0 Å². The number of imidazole rings is 1. The first-order valence-electron chi connectivity index (χ1n) is 12.3. The molecule has 5 heteroatoms. The van der Waals surface area contributed by atoms with Gasteiger partial charge < -0.3 is 14.6 Å². The zero-order chi connectivity index (χ0) is 24.3. The van der Waals surface area contributed by atoms with Crippen LogP contribution in [0.2, 0.25) is 0 Å². The van der Waals surface area contributed by atoms with Crippen LogP contribution in [0.15, 0.2) is 91.5 Å². The Labute approximate surface area is 207 Å². The number of ether oxygens (including phenoxy) is 1. The number of amides is 1. The summed E-state index contributed by atoms with van der Waals surface area (Å²) in [5, 5.41) is 3.06. The van der Waals surface area contributed by atoms with Gasteiger partial charge in [-0.2, -0.15) is 0 Å². The van der Waals surface area contributed by atoms with Crippen LogP contribution < -0.4 is 10.1 Å². The number of carbonyl (C=O) groups is 1. The Kier molecular flexibility index (Phi) is 8.71. The third-order valence-electron chi connectivity index (χ3n) is 6.03. The molecule has 0 aliphatic rings. The third-order valence-corrected chi connectivity index (χ3v) is 6.03. The second-order valence-electron chi connectivity index (χ2n) is 8.59. The van der Waals surface area contributed by atoms with Gasteiger partial charge in [0.1, 0.15) is 11.6 Å². The lowest BCUT2D eigenvalue weighted by molar-refractivity contribution is -0.121. The van der Waals surface area contributed by atoms with Crippen molar-refractivity contribution >= 4 is 16.9 Å². The van der Waals surface area contributed by atoms with Gasteiger partial charge in [-0.1, -0.05) is 66.7 Å². The number of allylic oxidation sites excluding steroid dienone is 1. The molecule has 0 fully saturated rings. The van der Waals surface area contributed by atoms with Crippen molar-refractivity contribution < 1.29 is 9.53 Å². The lowest BCUT2D eigenvalue weighted by atomic mass is 10.1. The first-order chi connectivity index (χ1) is 17.2. The maximum Gasteiger partial charge on any atom is 0.220 e. The summed E-state index contributed by atoms with van der Waals surface area (Å²) in [4.78, 5) is 17.2. The maximum absolute atomic E-state index is 12.5. The van der Waals surface area contributed by atoms with Crippen LogP contribution >= 0.6 is 0 Å². The predicted molar refractivity (Wildman–Crippen MR) is 141 cm³/mol. The summed E-state index contributed by atoms with van der Waals surface area (Å²) < 4.78 is 8.26. The third kappa shape index (κ3) is 6.82. The Balaban J connectivity index is 1.31. The number of fused-ring (bicyclic) bond motifs is 1. The predicted octanol–water partition coefficient (Wildman–Crippen LogP) is 5.87. The van der Waals surface area contributed by atoms with Gasteiger partial charge in [-0.3, -0.25) is 4.79 Å². The summed E-state index contributed by atoms with van der Waals surface area (Å²) in [7, 11) is 0. The molecule has 4 aromatic rings. The Morgan fingerprint density at radius 1 is 0.971 bits per heavy atom. The Morgan fingerprint density at radius 2 is 1.74 bits per heavy atom. The number of para-hydroxylation sites is 3. The number of nitrogens with one attached hydrogen (secondary N) is 1. The first kappa shape index (κ1) is 24.3. The normalized spacial score (nSPS) is 10.9. The molecule has 0 bridgehead atoms. The van der Waals surface area contributed by atoms with Crippen LogP contribution in [0, 0.1) is 0 Å². The molecule has 0 atom stereocenters. The molecular formula is C30H33N3O2. The fraction of sp³-hybridized carbons (Fsp3) is 0.267. The molecule has 1 amide bonds. The molecule has 0 saturated heterocycles. The summed E-state index contributed by atoms with van der Waals surface area (Å²) >= 11 is 0. The van der Waals surface area contributed by atoms with E-state index in [-0.39, 0.29) is 5.91 Å². The van der Waals surface area contributed by atoms with Gasteiger partial charge in [0.05, 0.1) is 24.2 Å². The average molecular weight is 468 g/mol. The number of benzene rings is 3. The SMILES string of the molecule is C=CCc1ccccc1OCCCCn1c(CNC(=O)CCc2ccccc2)nc2ccccc21. The van der Waals surface area contributed by atoms with E-state index in [1.54, 1.807) is 0 Å². The quantitative estimate of drug-likeness (QED) is 0.198. The van der Waals surface area contributed by atoms with Crippen molar-refractivity contribution in [2.24, 2.45) is 0 Å². The molecule has 3 aromatic carbocycles. The maximum atomic E-state index is 12.5. The fourth-order valence-electron chi connectivity index (χ4n) is 4.20. The highest BCUT2D eigenvalue weighted by atomic mass is 16.5. The van der Waals surface area contributed by atoms with E-state index in [0.29, 0.717) is 19.6 Å². The molecule has 180 valence electrons. The van der Waals surface area contributed by atoms with E-state index in [4.69, 9.17) is 9.72 Å². The minimum Gasteiger partial charge on any atom is -0.493 e. The van der Waals surface area contributed by atoms with E-state index in [9.17, 15) is 4.79 Å². The van der Waals surface area contributed by atoms with Crippen molar-refractivity contribution in [1.82, 2.24) is 14.9 Å². The van der Waals surface area contributed by atoms with Gasteiger partial charge in [0.15, 0.2) is 0 Å². The van der Waals surface area contributed by atoms with Gasteiger partial charge in [0.2, 0.25) is 5.91 Å². The van der Waals surface area contributed by atoms with E-state index < -0.39 is 0 Å². The van der Waals surface area contributed by atoms with Gasteiger partial charge in [-0.05, 0) is 55.0 Å². The van der Waals surface area contributed by atoms with Crippen LogP contribution in [0.3, 0.4) is 0 Å². The van der Waals surface area contributed by atoms with E-state index in [1.165, 1.54) is 5.56 Å². The molecule has 0 unspecified atom stereocenters. The molecule has 1 N–H and O–H groups in total. The summed E-state index contributed by atoms with van der Waals surface area (Å²) in [5.74, 6) is 1.86. The lowest BCUT2D eigenvalue weighted by Crippen LogP contribution is -2.25. The number of aryl methyl sites for hydroxylation is 2. The molecule has 1 heterocycles. The Morgan fingerprint density at radius 3 is 2.60 bits per heavy atom. The van der Waals surface area contributed by atoms with E-state index in [2.05, 4.69) is 40.7 Å². The highest BCUT2D eigenvalue weighted by molar-refractivity contribution is 5.77. The molecule has 35 heavy (non-hydrogen) atoms. The molecule has 4 rings (SSSR count). The second kappa shape index (κ2) is 12.6. The number of rotatable bonds is 13. The number of carbonyl (C=O) groups excluding carboxylic acids is 1. The van der Waals surface area contributed by atoms with E-state index >= 15 is 0 Å². The first-order valence-corrected chi connectivity index (χ1v) is 12.3. The molecule has 0 saturated carbocycles. The number of unbranched alkanes of at least 4 members (excludes halogenated alkanes) is 1. The van der Waals surface area contributed by atoms with Crippen LogP contribution in [0.25, 0.3) is 11.0 Å². The number of hydrogen-bond acceptors (Lipinski definition) is 3. The Bertz CT molecular complexity index is 1250. The van der Waals surface area contributed by atoms with E-state index in [1.807, 2.05) is 60.7 Å². The molecule has 0 radical (unpaired) electrons. The smallest absolute Gasteiger partial charge is 0.220 e. The molecular weight excluding hydrogens is 434 g/mol. The van der Waals surface area contributed by atoms with Crippen molar-refractivity contribution in [1.29, 1.82) is 0 Å².